The number of amides is 1. The predicted molar refractivity (Wildman–Crippen MR) is 133 cm³/mol. The molecule has 6 heteroatoms. The molecule has 4 nitrogen and oxygen atoms in total. The Balaban J connectivity index is 1.41. The standard InChI is InChI=1S/C28H23Cl2NO3/c29-23-10-9-18(12-24(23)30)20-13-25-28(26(32)14-20)22(15-27(33)31-25)19-7-4-8-21(11-19)34-16-17-5-2-1-3-6-17/h1-12,20,22H,13-16H2,(H,31,33). The Labute approximate surface area is 208 Å². The number of carbonyl (C=O) groups is 2. The third-order valence-electron chi connectivity index (χ3n) is 6.46. The van der Waals surface area contributed by atoms with Gasteiger partial charge in [0.15, 0.2) is 5.78 Å². The predicted octanol–water partition coefficient (Wildman–Crippen LogP) is 6.58. The Hall–Kier alpha value is -3.08. The van der Waals surface area contributed by atoms with Gasteiger partial charge in [0, 0.05) is 30.0 Å². The van der Waals surface area contributed by atoms with Gasteiger partial charge in [-0.3, -0.25) is 9.59 Å². The number of carbonyl (C=O) groups excluding carboxylic acids is 2. The van der Waals surface area contributed by atoms with Gasteiger partial charge in [-0.15, -0.1) is 0 Å². The molecule has 1 heterocycles. The monoisotopic (exact) mass is 491 g/mol. The molecule has 1 aliphatic carbocycles. The van der Waals surface area contributed by atoms with E-state index in [0.29, 0.717) is 46.5 Å². The van der Waals surface area contributed by atoms with Crippen LogP contribution in [-0.4, -0.2) is 11.7 Å². The summed E-state index contributed by atoms with van der Waals surface area (Å²) in [4.78, 5) is 26.0. The van der Waals surface area contributed by atoms with Crippen molar-refractivity contribution in [1.82, 2.24) is 5.32 Å². The number of Topliss-reactive ketones (excluding diaryl/α,β-unsaturated/α-hetero) is 1. The summed E-state index contributed by atoms with van der Waals surface area (Å²) in [6.07, 6.45) is 1.18. The first-order valence-electron chi connectivity index (χ1n) is 11.3. The molecule has 2 aliphatic rings. The third kappa shape index (κ3) is 4.75. The van der Waals surface area contributed by atoms with Crippen molar-refractivity contribution in [2.24, 2.45) is 0 Å². The number of ketones is 1. The van der Waals surface area contributed by atoms with Crippen molar-refractivity contribution < 1.29 is 14.3 Å². The van der Waals surface area contributed by atoms with Crippen molar-refractivity contribution in [3.63, 3.8) is 0 Å². The van der Waals surface area contributed by atoms with E-state index in [9.17, 15) is 9.59 Å². The van der Waals surface area contributed by atoms with Gasteiger partial charge in [0.25, 0.3) is 0 Å². The topological polar surface area (TPSA) is 55.4 Å². The van der Waals surface area contributed by atoms with Crippen LogP contribution in [-0.2, 0) is 16.2 Å². The Morgan fingerprint density at radius 3 is 2.44 bits per heavy atom. The lowest BCUT2D eigenvalue weighted by atomic mass is 9.73. The third-order valence-corrected chi connectivity index (χ3v) is 7.20. The summed E-state index contributed by atoms with van der Waals surface area (Å²) < 4.78 is 5.98. The Kier molecular flexibility index (Phi) is 6.44. The average molecular weight is 492 g/mol. The Bertz CT molecular complexity index is 1290. The zero-order valence-corrected chi connectivity index (χ0v) is 19.9. The molecule has 34 heavy (non-hydrogen) atoms. The molecule has 3 aromatic carbocycles. The molecule has 0 spiro atoms. The van der Waals surface area contributed by atoms with Crippen molar-refractivity contribution in [2.45, 2.75) is 37.7 Å². The number of hydrogen-bond donors (Lipinski definition) is 1. The van der Waals surface area contributed by atoms with Crippen LogP contribution in [0.5, 0.6) is 5.75 Å². The van der Waals surface area contributed by atoms with Crippen LogP contribution in [0, 0.1) is 0 Å². The highest BCUT2D eigenvalue weighted by Crippen LogP contribution is 2.43. The molecule has 1 aliphatic heterocycles. The van der Waals surface area contributed by atoms with Crippen molar-refractivity contribution in [3.05, 3.63) is 111 Å². The second-order valence-corrected chi connectivity index (χ2v) is 9.56. The van der Waals surface area contributed by atoms with E-state index in [1.807, 2.05) is 66.7 Å². The normalized spacial score (nSPS) is 20.1. The first kappa shape index (κ1) is 22.7. The number of rotatable bonds is 5. The highest BCUT2D eigenvalue weighted by atomic mass is 35.5. The average Bonchev–Trinajstić information content (AvgIpc) is 2.84. The molecule has 0 bridgehead atoms. The number of nitrogens with one attached hydrogen (secondary N) is 1. The molecular formula is C28H23Cl2NO3. The van der Waals surface area contributed by atoms with Crippen molar-refractivity contribution in [2.75, 3.05) is 0 Å². The highest BCUT2D eigenvalue weighted by Gasteiger charge is 2.38. The van der Waals surface area contributed by atoms with E-state index in [-0.39, 0.29) is 29.9 Å². The van der Waals surface area contributed by atoms with Crippen LogP contribution in [0.25, 0.3) is 0 Å². The van der Waals surface area contributed by atoms with Crippen LogP contribution in [0.1, 0.15) is 47.8 Å². The number of ether oxygens (including phenoxy) is 1. The molecule has 0 aromatic heterocycles. The van der Waals surface area contributed by atoms with Gasteiger partial charge in [0.1, 0.15) is 12.4 Å². The number of benzene rings is 3. The maximum Gasteiger partial charge on any atom is 0.225 e. The van der Waals surface area contributed by atoms with Crippen molar-refractivity contribution in [3.8, 4) is 5.75 Å². The molecule has 172 valence electrons. The summed E-state index contributed by atoms with van der Waals surface area (Å²) >= 11 is 12.3. The second-order valence-electron chi connectivity index (χ2n) is 8.75. The summed E-state index contributed by atoms with van der Waals surface area (Å²) in [5.41, 5.74) is 4.35. The molecule has 3 aromatic rings. The van der Waals surface area contributed by atoms with Crippen LogP contribution < -0.4 is 10.1 Å². The van der Waals surface area contributed by atoms with E-state index in [2.05, 4.69) is 5.32 Å². The fraction of sp³-hybridized carbons (Fsp3) is 0.214. The molecule has 2 atom stereocenters. The minimum Gasteiger partial charge on any atom is -0.489 e. The molecule has 0 radical (unpaired) electrons. The quantitative estimate of drug-likeness (QED) is 0.438. The van der Waals surface area contributed by atoms with E-state index in [4.69, 9.17) is 27.9 Å². The zero-order valence-electron chi connectivity index (χ0n) is 18.4. The van der Waals surface area contributed by atoms with Crippen LogP contribution in [0.4, 0.5) is 0 Å². The van der Waals surface area contributed by atoms with E-state index in [0.717, 1.165) is 16.7 Å². The summed E-state index contributed by atoms with van der Waals surface area (Å²) in [5, 5.41) is 3.91. The molecule has 0 fully saturated rings. The summed E-state index contributed by atoms with van der Waals surface area (Å²) in [6.45, 7) is 0.452. The summed E-state index contributed by atoms with van der Waals surface area (Å²) in [5.74, 6) is 0.346. The van der Waals surface area contributed by atoms with Gasteiger partial charge in [0.2, 0.25) is 5.91 Å². The Morgan fingerprint density at radius 1 is 0.824 bits per heavy atom. The maximum absolute atomic E-state index is 13.4. The first-order chi connectivity index (χ1) is 16.5. The van der Waals surface area contributed by atoms with E-state index in [1.165, 1.54) is 0 Å². The molecule has 1 amide bonds. The van der Waals surface area contributed by atoms with Gasteiger partial charge in [0.05, 0.1) is 10.0 Å². The second kappa shape index (κ2) is 9.65. The van der Waals surface area contributed by atoms with Crippen LogP contribution in [0.15, 0.2) is 84.1 Å². The van der Waals surface area contributed by atoms with Gasteiger partial charge < -0.3 is 10.1 Å². The van der Waals surface area contributed by atoms with E-state index in [1.54, 1.807) is 6.07 Å². The van der Waals surface area contributed by atoms with Crippen LogP contribution >= 0.6 is 23.2 Å². The minimum atomic E-state index is -0.286. The molecule has 0 saturated carbocycles. The maximum atomic E-state index is 13.4. The molecule has 1 N–H and O–H groups in total. The highest BCUT2D eigenvalue weighted by molar-refractivity contribution is 6.42. The van der Waals surface area contributed by atoms with Gasteiger partial charge in [-0.2, -0.15) is 0 Å². The van der Waals surface area contributed by atoms with Crippen molar-refractivity contribution >= 4 is 34.9 Å². The number of allylic oxidation sites excluding steroid dienone is 2. The fourth-order valence-electron chi connectivity index (χ4n) is 4.81. The van der Waals surface area contributed by atoms with Gasteiger partial charge in [-0.1, -0.05) is 71.7 Å². The molecule has 0 saturated heterocycles. The molecule has 5 rings (SSSR count). The van der Waals surface area contributed by atoms with Gasteiger partial charge >= 0.3 is 0 Å². The molecular weight excluding hydrogens is 469 g/mol. The van der Waals surface area contributed by atoms with E-state index < -0.39 is 0 Å². The summed E-state index contributed by atoms with van der Waals surface area (Å²) in [6, 6.07) is 23.1. The molecule has 2 unspecified atom stereocenters. The summed E-state index contributed by atoms with van der Waals surface area (Å²) in [7, 11) is 0. The Morgan fingerprint density at radius 2 is 1.65 bits per heavy atom. The minimum absolute atomic E-state index is 0.0536. The van der Waals surface area contributed by atoms with Crippen LogP contribution in [0.2, 0.25) is 10.0 Å². The van der Waals surface area contributed by atoms with Gasteiger partial charge in [-0.05, 0) is 53.3 Å². The van der Waals surface area contributed by atoms with E-state index >= 15 is 0 Å². The van der Waals surface area contributed by atoms with Gasteiger partial charge in [-0.25, -0.2) is 0 Å². The SMILES string of the molecule is O=C1CC(c2cccc(OCc3ccccc3)c2)C2=C(CC(c3ccc(Cl)c(Cl)c3)CC2=O)N1. The lowest BCUT2D eigenvalue weighted by Gasteiger charge is -2.34. The number of hydrogen-bond acceptors (Lipinski definition) is 3. The van der Waals surface area contributed by atoms with Crippen LogP contribution in [0.3, 0.4) is 0 Å². The first-order valence-corrected chi connectivity index (χ1v) is 12.0. The number of halogens is 2. The lowest BCUT2D eigenvalue weighted by Crippen LogP contribution is -2.38. The van der Waals surface area contributed by atoms with Crippen molar-refractivity contribution in [1.29, 1.82) is 0 Å². The fourth-order valence-corrected chi connectivity index (χ4v) is 5.12. The smallest absolute Gasteiger partial charge is 0.225 e. The lowest BCUT2D eigenvalue weighted by molar-refractivity contribution is -0.122. The largest absolute Gasteiger partial charge is 0.489 e. The zero-order chi connectivity index (χ0) is 23.7.